The minimum Gasteiger partial charge on any atom is -0.482 e. The molecule has 3 fully saturated rings. The summed E-state index contributed by atoms with van der Waals surface area (Å²) in [5, 5.41) is 0. The van der Waals surface area contributed by atoms with E-state index >= 15 is 0 Å². The number of hydrogen-bond acceptors (Lipinski definition) is 9. The average Bonchev–Trinajstić information content (AvgIpc) is 3.39. The smallest absolute Gasteiger partial charge is 0.344 e. The molecule has 3 aliphatic rings. The third-order valence-electron chi connectivity index (χ3n) is 15.8. The van der Waals surface area contributed by atoms with E-state index in [1.54, 1.807) is 0 Å². The normalized spacial score (nSPS) is 16.9. The van der Waals surface area contributed by atoms with Crippen molar-refractivity contribution in [1.82, 2.24) is 0 Å². The largest absolute Gasteiger partial charge is 0.482 e. The third-order valence-corrected chi connectivity index (χ3v) is 18.1. The van der Waals surface area contributed by atoms with Crippen LogP contribution in [0.5, 0.6) is 17.2 Å². The summed E-state index contributed by atoms with van der Waals surface area (Å²) in [6.45, 7) is 12.3. The van der Waals surface area contributed by atoms with E-state index < -0.39 is 27.7 Å². The Kier molecular flexibility index (Phi) is 19.8. The van der Waals surface area contributed by atoms with Gasteiger partial charge in [0.05, 0.1) is 10.9 Å². The molecule has 67 heavy (non-hydrogen) atoms. The molecule has 9 nitrogen and oxygen atoms in total. The number of esters is 3. The minimum absolute atomic E-state index is 0.152. The number of benzene rings is 3. The van der Waals surface area contributed by atoms with Crippen molar-refractivity contribution in [2.45, 2.75) is 208 Å². The van der Waals surface area contributed by atoms with Crippen molar-refractivity contribution >= 4 is 28.8 Å². The fourth-order valence-electron chi connectivity index (χ4n) is 11.7. The Morgan fingerprint density at radius 2 is 0.612 bits per heavy atom. The van der Waals surface area contributed by atoms with Gasteiger partial charge in [0.2, 0.25) is 0 Å². The Morgan fingerprint density at radius 3 is 0.821 bits per heavy atom. The van der Waals surface area contributed by atoms with Crippen LogP contribution in [0.1, 0.15) is 176 Å². The third kappa shape index (κ3) is 13.5. The van der Waals surface area contributed by atoms with Gasteiger partial charge in [-0.05, 0) is 168 Å². The second kappa shape index (κ2) is 25.4. The maximum Gasteiger partial charge on any atom is 0.344 e. The van der Waals surface area contributed by atoms with E-state index in [0.717, 1.165) is 91.7 Å². The molecule has 0 radical (unpaired) electrons. The predicted octanol–water partition coefficient (Wildman–Crippen LogP) is 14.0. The van der Waals surface area contributed by atoms with Crippen LogP contribution in [0.3, 0.4) is 0 Å². The van der Waals surface area contributed by atoms with Crippen molar-refractivity contribution in [2.75, 3.05) is 19.8 Å². The molecule has 0 spiro atoms. The molecule has 3 aromatic rings. The van der Waals surface area contributed by atoms with Gasteiger partial charge in [0.25, 0.3) is 0 Å². The molecule has 0 N–H and O–H groups in total. The highest BCUT2D eigenvalue weighted by atomic mass is 32.2. The fourth-order valence-corrected chi connectivity index (χ4v) is 13.7. The van der Waals surface area contributed by atoms with Crippen LogP contribution in [-0.2, 0) is 39.5 Å². The Hall–Kier alpha value is -4.18. The molecule has 368 valence electrons. The average molecular weight is 942 g/mol. The van der Waals surface area contributed by atoms with Crippen LogP contribution in [0.2, 0.25) is 0 Å². The van der Waals surface area contributed by atoms with Crippen LogP contribution < -0.4 is 14.2 Å². The lowest BCUT2D eigenvalue weighted by atomic mass is 9.74. The molecule has 10 heteroatoms. The molecular weight excluding hydrogens is 861 g/mol. The predicted molar refractivity (Wildman–Crippen MR) is 266 cm³/mol. The lowest BCUT2D eigenvalue weighted by Gasteiger charge is -2.41. The Morgan fingerprint density at radius 1 is 0.388 bits per heavy atom. The van der Waals surface area contributed by atoms with Gasteiger partial charge in [-0.25, -0.2) is 14.4 Å². The van der Waals surface area contributed by atoms with Crippen LogP contribution in [0, 0.1) is 17.8 Å². The fraction of sp³-hybridized carbons (Fsp3) is 0.632. The molecule has 0 bridgehead atoms. The lowest BCUT2D eigenvalue weighted by Crippen LogP contribution is -2.43. The van der Waals surface area contributed by atoms with Crippen molar-refractivity contribution in [3.05, 3.63) is 72.8 Å². The van der Waals surface area contributed by atoms with E-state index in [0.29, 0.717) is 35.0 Å². The first kappa shape index (κ1) is 52.2. The zero-order valence-corrected chi connectivity index (χ0v) is 42.5. The maximum atomic E-state index is 13.3. The number of carbonyl (C=O) groups is 3. The molecule has 0 amide bonds. The van der Waals surface area contributed by atoms with Crippen molar-refractivity contribution in [3.63, 3.8) is 0 Å². The molecule has 0 aliphatic heterocycles. The van der Waals surface area contributed by atoms with Crippen molar-refractivity contribution < 1.29 is 42.8 Å². The SMILES string of the molecule is CCC(CC)(OC(=O)COc1ccc([S+](c2ccc(OCC(=O)OC(CC)(CC)C3CCCCC3)cc2)c2ccc(OCC(=O)OC(CC)(CC)C3CCCCC3)cc2)cc1)C1CCCCC1. The zero-order valence-electron chi connectivity index (χ0n) is 41.7. The molecule has 0 aromatic heterocycles. The van der Waals surface area contributed by atoms with Gasteiger partial charge in [0.15, 0.2) is 34.5 Å². The first-order valence-electron chi connectivity index (χ1n) is 26.1. The number of hydrogen-bond donors (Lipinski definition) is 0. The van der Waals surface area contributed by atoms with Gasteiger partial charge < -0.3 is 28.4 Å². The first-order valence-corrected chi connectivity index (χ1v) is 27.4. The molecule has 0 atom stereocenters. The van der Waals surface area contributed by atoms with E-state index in [1.165, 1.54) is 57.8 Å². The molecule has 0 unspecified atom stereocenters. The molecule has 3 aromatic carbocycles. The standard InChI is InChI=1S/C57H81O9S/c1-7-55(8-2,43-22-16-13-17-23-43)64-52(58)40-61-46-28-34-49(35-29-46)67(50-36-30-47(31-37-50)62-41-53(59)65-56(9-3,10-4)44-24-18-14-19-25-44)51-38-32-48(33-39-51)63-42-54(60)66-57(11-5,12-6)45-26-20-15-21-27-45/h28-39,43-45H,7-27,40-42H2,1-6H3/q+1. The molecule has 6 rings (SSSR count). The number of ether oxygens (including phenoxy) is 6. The number of rotatable bonds is 24. The van der Waals surface area contributed by atoms with E-state index in [2.05, 4.69) is 41.5 Å². The van der Waals surface area contributed by atoms with Gasteiger partial charge in [-0.3, -0.25) is 0 Å². The van der Waals surface area contributed by atoms with E-state index in [1.807, 2.05) is 72.8 Å². The van der Waals surface area contributed by atoms with Crippen LogP contribution in [0.4, 0.5) is 0 Å². The Bertz CT molecular complexity index is 1720. The monoisotopic (exact) mass is 942 g/mol. The van der Waals surface area contributed by atoms with Gasteiger partial charge in [0, 0.05) is 0 Å². The zero-order chi connectivity index (χ0) is 47.7. The molecule has 3 saturated carbocycles. The summed E-state index contributed by atoms with van der Waals surface area (Å²) in [4.78, 5) is 42.9. The van der Waals surface area contributed by atoms with Gasteiger partial charge in [0.1, 0.15) is 34.1 Å². The maximum absolute atomic E-state index is 13.3. The summed E-state index contributed by atoms with van der Waals surface area (Å²) >= 11 is 0. The van der Waals surface area contributed by atoms with Crippen LogP contribution in [0.25, 0.3) is 0 Å². The highest BCUT2D eigenvalue weighted by Crippen LogP contribution is 2.43. The highest BCUT2D eigenvalue weighted by molar-refractivity contribution is 7.97. The van der Waals surface area contributed by atoms with Crippen LogP contribution >= 0.6 is 0 Å². The molecule has 3 aliphatic carbocycles. The first-order chi connectivity index (χ1) is 32.5. The molecule has 0 heterocycles. The van der Waals surface area contributed by atoms with Crippen molar-refractivity contribution in [2.24, 2.45) is 17.8 Å². The Labute approximate surface area is 405 Å². The second-order valence-electron chi connectivity index (χ2n) is 19.3. The topological polar surface area (TPSA) is 107 Å². The van der Waals surface area contributed by atoms with Crippen LogP contribution in [0.15, 0.2) is 87.5 Å². The van der Waals surface area contributed by atoms with E-state index in [9.17, 15) is 14.4 Å². The summed E-state index contributed by atoms with van der Waals surface area (Å²) in [5.41, 5.74) is -1.33. The summed E-state index contributed by atoms with van der Waals surface area (Å²) < 4.78 is 36.8. The van der Waals surface area contributed by atoms with Gasteiger partial charge >= 0.3 is 17.9 Å². The van der Waals surface area contributed by atoms with Gasteiger partial charge in [-0.15, -0.1) is 0 Å². The minimum atomic E-state index is -0.576. The second-order valence-corrected chi connectivity index (χ2v) is 21.4. The van der Waals surface area contributed by atoms with E-state index in [-0.39, 0.29) is 37.7 Å². The van der Waals surface area contributed by atoms with E-state index in [4.69, 9.17) is 28.4 Å². The van der Waals surface area contributed by atoms with Gasteiger partial charge in [-0.2, -0.15) is 0 Å². The quantitative estimate of drug-likeness (QED) is 0.0493. The summed E-state index contributed by atoms with van der Waals surface area (Å²) in [6.07, 6.45) is 22.3. The van der Waals surface area contributed by atoms with Gasteiger partial charge in [-0.1, -0.05) is 99.3 Å². The number of carbonyl (C=O) groups excluding carboxylic acids is 3. The van der Waals surface area contributed by atoms with Crippen molar-refractivity contribution in [3.8, 4) is 17.2 Å². The summed E-state index contributed by atoms with van der Waals surface area (Å²) in [5.74, 6) is 1.94. The molecular formula is C57H81O9S+. The highest BCUT2D eigenvalue weighted by Gasteiger charge is 2.42. The van der Waals surface area contributed by atoms with Crippen LogP contribution in [-0.4, -0.2) is 54.5 Å². The summed E-state index contributed by atoms with van der Waals surface area (Å²) in [6, 6.07) is 23.7. The Balaban J connectivity index is 1.14. The molecule has 0 saturated heterocycles. The summed E-state index contributed by atoms with van der Waals surface area (Å²) in [7, 11) is -0.576. The van der Waals surface area contributed by atoms with Crippen molar-refractivity contribution in [1.29, 1.82) is 0 Å². The lowest BCUT2D eigenvalue weighted by molar-refractivity contribution is -0.172.